The second kappa shape index (κ2) is 5.65. The highest BCUT2D eigenvalue weighted by molar-refractivity contribution is 5.68. The number of halogens is 1. The minimum Gasteiger partial charge on any atom is -0.368 e. The summed E-state index contributed by atoms with van der Waals surface area (Å²) < 4.78 is 12.2. The zero-order valence-electron chi connectivity index (χ0n) is 11.1. The van der Waals surface area contributed by atoms with Crippen molar-refractivity contribution in [3.63, 3.8) is 0 Å². The van der Waals surface area contributed by atoms with E-state index in [9.17, 15) is 4.39 Å². The fourth-order valence-electron chi connectivity index (χ4n) is 1.90. The normalized spacial score (nSPS) is 10.5. The van der Waals surface area contributed by atoms with Gasteiger partial charge in [-0.3, -0.25) is 0 Å². The lowest BCUT2D eigenvalue weighted by Crippen LogP contribution is -2.07. The van der Waals surface area contributed by atoms with Crippen molar-refractivity contribution >= 4 is 11.8 Å². The second-order valence-corrected chi connectivity index (χ2v) is 4.36. The first-order chi connectivity index (χ1) is 9.11. The van der Waals surface area contributed by atoms with E-state index < -0.39 is 6.67 Å². The van der Waals surface area contributed by atoms with Crippen LogP contribution in [0.15, 0.2) is 24.3 Å². The van der Waals surface area contributed by atoms with Gasteiger partial charge in [-0.05, 0) is 25.0 Å². The summed E-state index contributed by atoms with van der Waals surface area (Å²) in [6, 6.07) is 7.80. The molecule has 0 unspecified atom stereocenters. The summed E-state index contributed by atoms with van der Waals surface area (Å²) in [5.41, 5.74) is 9.80. The van der Waals surface area contributed by atoms with Crippen molar-refractivity contribution in [2.24, 2.45) is 0 Å². The van der Waals surface area contributed by atoms with Crippen molar-refractivity contribution in [2.45, 2.75) is 13.8 Å². The molecule has 1 aromatic carbocycles. The maximum atomic E-state index is 12.2. The van der Waals surface area contributed by atoms with Crippen LogP contribution < -0.4 is 11.1 Å². The van der Waals surface area contributed by atoms with Gasteiger partial charge in [0.2, 0.25) is 5.95 Å². The quantitative estimate of drug-likeness (QED) is 0.887. The van der Waals surface area contributed by atoms with E-state index in [-0.39, 0.29) is 12.5 Å². The average Bonchev–Trinajstić information content (AvgIpc) is 2.39. The average molecular weight is 260 g/mol. The Hall–Kier alpha value is -2.17. The molecule has 1 aromatic heterocycles. The Bertz CT molecular complexity index is 584. The molecule has 0 aliphatic rings. The van der Waals surface area contributed by atoms with E-state index in [2.05, 4.69) is 15.3 Å². The first-order valence-corrected chi connectivity index (χ1v) is 6.13. The van der Waals surface area contributed by atoms with Crippen molar-refractivity contribution < 1.29 is 4.39 Å². The molecule has 5 heteroatoms. The largest absolute Gasteiger partial charge is 0.368 e. The zero-order valence-corrected chi connectivity index (χ0v) is 11.1. The van der Waals surface area contributed by atoms with Crippen molar-refractivity contribution in [2.75, 3.05) is 24.3 Å². The van der Waals surface area contributed by atoms with Crippen LogP contribution in [0.5, 0.6) is 0 Å². The van der Waals surface area contributed by atoms with Crippen LogP contribution in [0.4, 0.5) is 16.2 Å². The topological polar surface area (TPSA) is 63.8 Å². The van der Waals surface area contributed by atoms with Crippen LogP contribution in [0.25, 0.3) is 11.3 Å². The van der Waals surface area contributed by atoms with Gasteiger partial charge in [-0.1, -0.05) is 18.2 Å². The number of nitrogens with two attached hydrogens (primary N) is 1. The van der Waals surface area contributed by atoms with Crippen LogP contribution in [-0.2, 0) is 0 Å². The third-order valence-electron chi connectivity index (χ3n) is 3.02. The van der Waals surface area contributed by atoms with Crippen LogP contribution in [-0.4, -0.2) is 23.2 Å². The summed E-state index contributed by atoms with van der Waals surface area (Å²) in [5.74, 6) is 0.723. The fraction of sp³-hybridized carbons (Fsp3) is 0.286. The van der Waals surface area contributed by atoms with Crippen molar-refractivity contribution in [1.82, 2.24) is 9.97 Å². The van der Waals surface area contributed by atoms with Gasteiger partial charge in [0.25, 0.3) is 0 Å². The van der Waals surface area contributed by atoms with Crippen LogP contribution in [0.2, 0.25) is 0 Å². The lowest BCUT2D eigenvalue weighted by atomic mass is 10.0. The number of hydrogen-bond acceptors (Lipinski definition) is 4. The van der Waals surface area contributed by atoms with Crippen LogP contribution in [0.1, 0.15) is 11.1 Å². The summed E-state index contributed by atoms with van der Waals surface area (Å²) in [6.07, 6.45) is 0. The monoisotopic (exact) mass is 260 g/mol. The first kappa shape index (κ1) is 13.3. The predicted molar refractivity (Wildman–Crippen MR) is 75.8 cm³/mol. The van der Waals surface area contributed by atoms with E-state index in [0.717, 1.165) is 16.8 Å². The molecule has 0 bridgehead atoms. The van der Waals surface area contributed by atoms with Crippen molar-refractivity contribution in [1.29, 1.82) is 0 Å². The van der Waals surface area contributed by atoms with E-state index in [1.54, 1.807) is 6.07 Å². The Morgan fingerprint density at radius 2 is 2.05 bits per heavy atom. The molecule has 0 amide bonds. The van der Waals surface area contributed by atoms with Gasteiger partial charge in [0.1, 0.15) is 12.5 Å². The Balaban J connectivity index is 2.44. The summed E-state index contributed by atoms with van der Waals surface area (Å²) >= 11 is 0. The second-order valence-electron chi connectivity index (χ2n) is 4.36. The Morgan fingerprint density at radius 3 is 2.79 bits per heavy atom. The molecule has 0 aliphatic carbocycles. The molecule has 0 radical (unpaired) electrons. The van der Waals surface area contributed by atoms with Gasteiger partial charge >= 0.3 is 0 Å². The highest BCUT2D eigenvalue weighted by Gasteiger charge is 2.08. The highest BCUT2D eigenvalue weighted by Crippen LogP contribution is 2.25. The minimum atomic E-state index is -0.456. The molecule has 0 saturated heterocycles. The van der Waals surface area contributed by atoms with E-state index in [1.807, 2.05) is 32.0 Å². The number of aromatic nitrogens is 2. The maximum absolute atomic E-state index is 12.2. The van der Waals surface area contributed by atoms with Crippen LogP contribution in [0, 0.1) is 13.8 Å². The summed E-state index contributed by atoms with van der Waals surface area (Å²) in [5, 5.41) is 2.87. The van der Waals surface area contributed by atoms with Crippen LogP contribution in [0.3, 0.4) is 0 Å². The molecule has 0 atom stereocenters. The van der Waals surface area contributed by atoms with E-state index >= 15 is 0 Å². The molecule has 2 aromatic rings. The smallest absolute Gasteiger partial charge is 0.222 e. The van der Waals surface area contributed by atoms with Gasteiger partial charge < -0.3 is 11.1 Å². The number of nitrogens with zero attached hydrogens (tertiary/aromatic N) is 2. The van der Waals surface area contributed by atoms with Gasteiger partial charge in [0, 0.05) is 18.2 Å². The number of benzene rings is 1. The van der Waals surface area contributed by atoms with Gasteiger partial charge in [0.15, 0.2) is 0 Å². The third-order valence-corrected chi connectivity index (χ3v) is 3.02. The first-order valence-electron chi connectivity index (χ1n) is 6.13. The molecule has 19 heavy (non-hydrogen) atoms. The van der Waals surface area contributed by atoms with Crippen molar-refractivity contribution in [3.05, 3.63) is 35.4 Å². The molecule has 0 saturated carbocycles. The van der Waals surface area contributed by atoms with Gasteiger partial charge in [0.05, 0.1) is 5.69 Å². The summed E-state index contributed by atoms with van der Waals surface area (Å²) in [7, 11) is 0. The number of anilines is 2. The Morgan fingerprint density at radius 1 is 1.26 bits per heavy atom. The maximum Gasteiger partial charge on any atom is 0.222 e. The molecule has 0 spiro atoms. The van der Waals surface area contributed by atoms with E-state index in [1.165, 1.54) is 5.56 Å². The summed E-state index contributed by atoms with van der Waals surface area (Å²) in [4.78, 5) is 8.28. The molecular weight excluding hydrogens is 243 g/mol. The standard InChI is InChI=1S/C14H17FN4/c1-9-4-3-5-11(10(9)2)12-8-13(17-7-6-15)19-14(16)18-12/h3-5,8H,6-7H2,1-2H3,(H3,16,17,18,19). The molecule has 0 fully saturated rings. The Kier molecular flexibility index (Phi) is 3.94. The molecule has 0 aliphatic heterocycles. The fourth-order valence-corrected chi connectivity index (χ4v) is 1.90. The van der Waals surface area contributed by atoms with Gasteiger partial charge in [-0.25, -0.2) is 9.37 Å². The van der Waals surface area contributed by atoms with E-state index in [0.29, 0.717) is 5.82 Å². The minimum absolute atomic E-state index is 0.180. The van der Waals surface area contributed by atoms with Gasteiger partial charge in [-0.2, -0.15) is 4.98 Å². The van der Waals surface area contributed by atoms with Gasteiger partial charge in [-0.15, -0.1) is 0 Å². The number of rotatable bonds is 4. The lowest BCUT2D eigenvalue weighted by molar-refractivity contribution is 0.512. The van der Waals surface area contributed by atoms with Crippen LogP contribution >= 0.6 is 0 Å². The number of aryl methyl sites for hydroxylation is 1. The molecule has 3 N–H and O–H groups in total. The predicted octanol–water partition coefficient (Wildman–Crippen LogP) is 2.72. The van der Waals surface area contributed by atoms with E-state index in [4.69, 9.17) is 5.73 Å². The lowest BCUT2D eigenvalue weighted by Gasteiger charge is -2.10. The number of alkyl halides is 1. The molecule has 2 rings (SSSR count). The highest BCUT2D eigenvalue weighted by atomic mass is 19.1. The third kappa shape index (κ3) is 2.99. The molecule has 100 valence electrons. The number of nitrogens with one attached hydrogen (secondary N) is 1. The molecule has 1 heterocycles. The zero-order chi connectivity index (χ0) is 13.8. The summed E-state index contributed by atoms with van der Waals surface area (Å²) in [6.45, 7) is 3.84. The number of nitrogen functional groups attached to an aromatic ring is 1. The Labute approximate surface area is 111 Å². The molecule has 4 nitrogen and oxygen atoms in total. The molecular formula is C14H17FN4. The SMILES string of the molecule is Cc1cccc(-c2cc(NCCF)nc(N)n2)c1C. The van der Waals surface area contributed by atoms with Crippen molar-refractivity contribution in [3.8, 4) is 11.3 Å². The number of hydrogen-bond donors (Lipinski definition) is 2.